The number of nitrogens with zero attached hydrogens (tertiary/aromatic N) is 2. The van der Waals surface area contributed by atoms with Gasteiger partial charge in [0.25, 0.3) is 11.5 Å². The molecule has 0 aliphatic heterocycles. The van der Waals surface area contributed by atoms with Crippen LogP contribution in [0, 0.1) is 13.8 Å². The Morgan fingerprint density at radius 2 is 1.59 bits per heavy atom. The molecule has 0 bridgehead atoms. The van der Waals surface area contributed by atoms with Gasteiger partial charge in [-0.15, -0.1) is 0 Å². The van der Waals surface area contributed by atoms with Crippen LogP contribution in [0.15, 0.2) is 65.5 Å². The highest BCUT2D eigenvalue weighted by Crippen LogP contribution is 2.33. The predicted molar refractivity (Wildman–Crippen MR) is 124 cm³/mol. The highest BCUT2D eigenvalue weighted by Gasteiger charge is 2.14. The topological polar surface area (TPSA) is 82.5 Å². The number of benzene rings is 3. The van der Waals surface area contributed by atoms with Gasteiger partial charge in [-0.2, -0.15) is 0 Å². The van der Waals surface area contributed by atoms with Gasteiger partial charge >= 0.3 is 0 Å². The molecular formula is C25H23N3O4. The summed E-state index contributed by atoms with van der Waals surface area (Å²) < 4.78 is 12.2. The summed E-state index contributed by atoms with van der Waals surface area (Å²) in [6.45, 7) is 3.66. The molecule has 1 aromatic heterocycles. The van der Waals surface area contributed by atoms with Gasteiger partial charge in [-0.1, -0.05) is 12.1 Å². The maximum Gasteiger partial charge on any atom is 0.265 e. The number of methoxy groups -OCH3 is 2. The Kier molecular flexibility index (Phi) is 5.64. The number of aromatic nitrogens is 2. The average molecular weight is 429 g/mol. The largest absolute Gasteiger partial charge is 0.493 e. The Labute approximate surface area is 185 Å². The number of para-hydroxylation sites is 1. The van der Waals surface area contributed by atoms with Gasteiger partial charge < -0.3 is 14.8 Å². The number of nitrogens with one attached hydrogen (secondary N) is 1. The van der Waals surface area contributed by atoms with E-state index in [9.17, 15) is 9.59 Å². The highest BCUT2D eigenvalue weighted by molar-refractivity contribution is 6.05. The first-order valence-electron chi connectivity index (χ1n) is 10.1. The summed E-state index contributed by atoms with van der Waals surface area (Å²) in [7, 11) is 3.11. The molecule has 1 N–H and O–H groups in total. The molecule has 0 spiro atoms. The lowest BCUT2D eigenvalue weighted by Crippen LogP contribution is -2.22. The van der Waals surface area contributed by atoms with E-state index in [1.54, 1.807) is 68.2 Å². The summed E-state index contributed by atoms with van der Waals surface area (Å²) in [5, 5.41) is 3.45. The van der Waals surface area contributed by atoms with Crippen molar-refractivity contribution in [2.75, 3.05) is 19.5 Å². The van der Waals surface area contributed by atoms with Crippen LogP contribution >= 0.6 is 0 Å². The van der Waals surface area contributed by atoms with E-state index >= 15 is 0 Å². The van der Waals surface area contributed by atoms with E-state index in [-0.39, 0.29) is 11.5 Å². The van der Waals surface area contributed by atoms with E-state index in [2.05, 4.69) is 10.3 Å². The van der Waals surface area contributed by atoms with Crippen LogP contribution < -0.4 is 20.3 Å². The van der Waals surface area contributed by atoms with Crippen molar-refractivity contribution in [1.29, 1.82) is 0 Å². The van der Waals surface area contributed by atoms with E-state index in [4.69, 9.17) is 9.47 Å². The molecule has 162 valence electrons. The van der Waals surface area contributed by atoms with E-state index in [1.807, 2.05) is 25.1 Å². The minimum absolute atomic E-state index is 0.147. The zero-order valence-electron chi connectivity index (χ0n) is 18.3. The lowest BCUT2D eigenvalue weighted by Gasteiger charge is -2.14. The first-order chi connectivity index (χ1) is 15.4. The van der Waals surface area contributed by atoms with Crippen LogP contribution in [-0.4, -0.2) is 29.7 Å². The second-order valence-electron chi connectivity index (χ2n) is 7.34. The van der Waals surface area contributed by atoms with Gasteiger partial charge in [0.1, 0.15) is 5.82 Å². The molecule has 1 heterocycles. The van der Waals surface area contributed by atoms with Crippen LogP contribution in [0.25, 0.3) is 16.6 Å². The van der Waals surface area contributed by atoms with Crippen molar-refractivity contribution in [3.63, 3.8) is 0 Å². The molecule has 0 unspecified atom stereocenters. The molecule has 7 nitrogen and oxygen atoms in total. The number of amides is 1. The normalized spacial score (nSPS) is 10.8. The Morgan fingerprint density at radius 1 is 0.938 bits per heavy atom. The lowest BCUT2D eigenvalue weighted by molar-refractivity contribution is 0.102. The molecule has 0 saturated heterocycles. The second-order valence-corrected chi connectivity index (χ2v) is 7.34. The lowest BCUT2D eigenvalue weighted by atomic mass is 10.1. The minimum atomic E-state index is -0.271. The van der Waals surface area contributed by atoms with Crippen molar-refractivity contribution in [3.8, 4) is 17.2 Å². The monoisotopic (exact) mass is 429 g/mol. The van der Waals surface area contributed by atoms with Crippen LogP contribution in [0.1, 0.15) is 21.7 Å². The van der Waals surface area contributed by atoms with Crippen molar-refractivity contribution in [3.05, 3.63) is 88.0 Å². The molecule has 7 heteroatoms. The molecule has 1 amide bonds. The van der Waals surface area contributed by atoms with Crippen molar-refractivity contribution < 1.29 is 14.3 Å². The van der Waals surface area contributed by atoms with Gasteiger partial charge in [0.2, 0.25) is 0 Å². The number of hydrogen-bond donors (Lipinski definition) is 1. The van der Waals surface area contributed by atoms with Crippen LogP contribution in [0.3, 0.4) is 0 Å². The van der Waals surface area contributed by atoms with E-state index in [0.717, 1.165) is 5.56 Å². The first-order valence-corrected chi connectivity index (χ1v) is 10.1. The number of fused-ring (bicyclic) bond motifs is 1. The Balaban J connectivity index is 1.63. The summed E-state index contributed by atoms with van der Waals surface area (Å²) in [4.78, 5) is 30.3. The third-order valence-corrected chi connectivity index (χ3v) is 5.31. The smallest absolute Gasteiger partial charge is 0.265 e. The van der Waals surface area contributed by atoms with Crippen LogP contribution in [0.2, 0.25) is 0 Å². The van der Waals surface area contributed by atoms with Gasteiger partial charge in [-0.3, -0.25) is 14.2 Å². The Bertz CT molecular complexity index is 1370. The first kappa shape index (κ1) is 21.1. The molecule has 0 fully saturated rings. The number of rotatable bonds is 5. The molecule has 32 heavy (non-hydrogen) atoms. The molecular weight excluding hydrogens is 406 g/mol. The fourth-order valence-corrected chi connectivity index (χ4v) is 3.62. The maximum absolute atomic E-state index is 13.0. The second kappa shape index (κ2) is 8.55. The van der Waals surface area contributed by atoms with Crippen molar-refractivity contribution >= 4 is 22.5 Å². The van der Waals surface area contributed by atoms with E-state index in [1.165, 1.54) is 0 Å². The number of anilines is 1. The van der Waals surface area contributed by atoms with Crippen molar-refractivity contribution in [2.45, 2.75) is 13.8 Å². The highest BCUT2D eigenvalue weighted by atomic mass is 16.5. The number of carbonyl (C=O) groups is 1. The quantitative estimate of drug-likeness (QED) is 0.512. The van der Waals surface area contributed by atoms with Crippen LogP contribution in [0.5, 0.6) is 11.5 Å². The average Bonchev–Trinajstić information content (AvgIpc) is 2.80. The van der Waals surface area contributed by atoms with Gasteiger partial charge in [-0.25, -0.2) is 4.98 Å². The van der Waals surface area contributed by atoms with E-state index in [0.29, 0.717) is 45.2 Å². The Morgan fingerprint density at radius 3 is 2.28 bits per heavy atom. The van der Waals surface area contributed by atoms with Gasteiger partial charge in [0, 0.05) is 17.3 Å². The Hall–Kier alpha value is -4.13. The molecule has 0 aliphatic rings. The van der Waals surface area contributed by atoms with Crippen molar-refractivity contribution in [1.82, 2.24) is 9.55 Å². The molecule has 0 atom stereocenters. The summed E-state index contributed by atoms with van der Waals surface area (Å²) in [5.41, 5.74) is 3.09. The third kappa shape index (κ3) is 3.80. The number of carbonyl (C=O) groups excluding carboxylic acids is 1. The summed E-state index contributed by atoms with van der Waals surface area (Å²) in [5.74, 6) is 1.43. The zero-order valence-corrected chi connectivity index (χ0v) is 18.3. The van der Waals surface area contributed by atoms with Crippen molar-refractivity contribution in [2.24, 2.45) is 0 Å². The molecule has 0 radical (unpaired) electrons. The number of ether oxygens (including phenoxy) is 2. The molecule has 3 aromatic carbocycles. The van der Waals surface area contributed by atoms with Crippen LogP contribution in [-0.2, 0) is 0 Å². The molecule has 0 saturated carbocycles. The predicted octanol–water partition coefficient (Wildman–Crippen LogP) is 4.27. The summed E-state index contributed by atoms with van der Waals surface area (Å²) >= 11 is 0. The van der Waals surface area contributed by atoms with Gasteiger partial charge in [0.15, 0.2) is 11.5 Å². The third-order valence-electron chi connectivity index (χ3n) is 5.31. The molecule has 0 aliphatic carbocycles. The van der Waals surface area contributed by atoms with Gasteiger partial charge in [0.05, 0.1) is 30.8 Å². The fourth-order valence-electron chi connectivity index (χ4n) is 3.62. The fraction of sp³-hybridized carbons (Fsp3) is 0.160. The summed E-state index contributed by atoms with van der Waals surface area (Å²) in [6.07, 6.45) is 0. The number of aryl methyl sites for hydroxylation is 2. The molecule has 4 rings (SSSR count). The number of hydrogen-bond acceptors (Lipinski definition) is 5. The van der Waals surface area contributed by atoms with Gasteiger partial charge in [-0.05, 0) is 61.9 Å². The SMILES string of the molecule is COc1cc(C)c(NC(=O)c2ccc(-n3c(C)nc4ccccc4c3=O)cc2)cc1OC. The summed E-state index contributed by atoms with van der Waals surface area (Å²) in [6, 6.07) is 17.6. The maximum atomic E-state index is 13.0. The van der Waals surface area contributed by atoms with E-state index < -0.39 is 0 Å². The minimum Gasteiger partial charge on any atom is -0.493 e. The molecule has 4 aromatic rings. The zero-order chi connectivity index (χ0) is 22.8. The standard InChI is InChI=1S/C25H23N3O4/c1-15-13-22(31-3)23(32-4)14-21(15)27-24(29)17-9-11-18(12-10-17)28-16(2)26-20-8-6-5-7-19(20)25(28)30/h5-14H,1-4H3,(H,27,29). The van der Waals surface area contributed by atoms with Crippen LogP contribution in [0.4, 0.5) is 5.69 Å².